The molecule has 2 aromatic carbocycles. The summed E-state index contributed by atoms with van der Waals surface area (Å²) in [6.45, 7) is 0.792. The normalized spacial score (nSPS) is 28.6. The summed E-state index contributed by atoms with van der Waals surface area (Å²) in [4.78, 5) is 34.2. The fourth-order valence-corrected chi connectivity index (χ4v) is 8.16. The van der Waals surface area contributed by atoms with Crippen LogP contribution in [0.2, 0.25) is 0 Å². The van der Waals surface area contributed by atoms with Crippen molar-refractivity contribution in [2.75, 3.05) is 25.5 Å². The van der Waals surface area contributed by atoms with E-state index in [4.69, 9.17) is 16.6 Å². The van der Waals surface area contributed by atoms with E-state index >= 15 is 0 Å². The number of hydrogen-bond donors (Lipinski definition) is 0. The highest BCUT2D eigenvalue weighted by Gasteiger charge is 2.78. The monoisotopic (exact) mass is 489 g/mol. The van der Waals surface area contributed by atoms with Gasteiger partial charge in [-0.3, -0.25) is 19.4 Å². The van der Waals surface area contributed by atoms with Gasteiger partial charge in [0.05, 0.1) is 12.8 Å². The second-order valence-electron chi connectivity index (χ2n) is 9.01. The van der Waals surface area contributed by atoms with Crippen molar-refractivity contribution in [3.05, 3.63) is 89.9 Å². The smallest absolute Gasteiger partial charge is 0.254 e. The minimum Gasteiger partial charge on any atom is -0.467 e. The SMILES string of the molecule is CN1C(=O)[C@]2(c3ccccc31)N(C)C[C@@H](c1ccccc1)[C@@]21SC(=S)N(Cc2ccco2)C1=O. The maximum atomic E-state index is 14.6. The van der Waals surface area contributed by atoms with Gasteiger partial charge < -0.3 is 9.32 Å². The van der Waals surface area contributed by atoms with Gasteiger partial charge in [0.25, 0.3) is 5.91 Å². The Morgan fingerprint density at radius 3 is 2.47 bits per heavy atom. The number of furan rings is 1. The van der Waals surface area contributed by atoms with Crippen molar-refractivity contribution in [2.45, 2.75) is 22.7 Å². The molecule has 0 N–H and O–H groups in total. The minimum atomic E-state index is -1.18. The highest BCUT2D eigenvalue weighted by molar-refractivity contribution is 8.25. The molecule has 1 aromatic heterocycles. The predicted molar refractivity (Wildman–Crippen MR) is 136 cm³/mol. The number of likely N-dealkylation sites (N-methyl/N-ethyl adjacent to an activating group) is 2. The number of benzene rings is 2. The van der Waals surface area contributed by atoms with Crippen LogP contribution in [0, 0.1) is 0 Å². The van der Waals surface area contributed by atoms with Crippen LogP contribution in [0.1, 0.15) is 22.8 Å². The molecule has 2 saturated heterocycles. The lowest BCUT2D eigenvalue weighted by Crippen LogP contribution is -2.62. The van der Waals surface area contributed by atoms with Crippen LogP contribution in [0.4, 0.5) is 5.69 Å². The van der Waals surface area contributed by atoms with Crippen molar-refractivity contribution in [1.29, 1.82) is 0 Å². The molecule has 3 atom stereocenters. The Morgan fingerprint density at radius 1 is 1.00 bits per heavy atom. The summed E-state index contributed by atoms with van der Waals surface area (Å²) in [7, 11) is 3.74. The average Bonchev–Trinajstić information content (AvgIpc) is 3.57. The van der Waals surface area contributed by atoms with Crippen LogP contribution in [-0.4, -0.2) is 51.3 Å². The number of likely N-dealkylation sites (tertiary alicyclic amines) is 1. The van der Waals surface area contributed by atoms with E-state index in [-0.39, 0.29) is 24.3 Å². The Kier molecular flexibility index (Phi) is 4.78. The summed E-state index contributed by atoms with van der Waals surface area (Å²) in [5, 5.41) is 0. The summed E-state index contributed by atoms with van der Waals surface area (Å²) in [6.07, 6.45) is 1.59. The van der Waals surface area contributed by atoms with Gasteiger partial charge in [-0.05, 0) is 30.8 Å². The van der Waals surface area contributed by atoms with Crippen molar-refractivity contribution >= 4 is 45.8 Å². The van der Waals surface area contributed by atoms with Crippen molar-refractivity contribution in [2.24, 2.45) is 0 Å². The molecule has 0 aliphatic carbocycles. The summed E-state index contributed by atoms with van der Waals surface area (Å²) in [5.74, 6) is 0.174. The van der Waals surface area contributed by atoms with E-state index in [9.17, 15) is 9.59 Å². The lowest BCUT2D eigenvalue weighted by molar-refractivity contribution is -0.139. The molecule has 0 unspecified atom stereocenters. The van der Waals surface area contributed by atoms with Gasteiger partial charge in [-0.15, -0.1) is 0 Å². The van der Waals surface area contributed by atoms with Gasteiger partial charge in [-0.2, -0.15) is 0 Å². The largest absolute Gasteiger partial charge is 0.467 e. The molecule has 3 aromatic rings. The quantitative estimate of drug-likeness (QED) is 0.519. The van der Waals surface area contributed by atoms with E-state index in [0.29, 0.717) is 16.6 Å². The van der Waals surface area contributed by atoms with Crippen LogP contribution in [0.25, 0.3) is 0 Å². The zero-order chi connectivity index (χ0) is 23.7. The summed E-state index contributed by atoms with van der Waals surface area (Å²) in [6, 6.07) is 21.4. The highest BCUT2D eigenvalue weighted by Crippen LogP contribution is 2.66. The third-order valence-electron chi connectivity index (χ3n) is 7.45. The number of nitrogens with zero attached hydrogens (tertiary/aromatic N) is 3. The zero-order valence-electron chi connectivity index (χ0n) is 18.8. The van der Waals surface area contributed by atoms with Crippen LogP contribution < -0.4 is 4.90 Å². The first-order valence-corrected chi connectivity index (χ1v) is 12.4. The number of para-hydroxylation sites is 1. The fraction of sp³-hybridized carbons (Fsp3) is 0.269. The zero-order valence-corrected chi connectivity index (χ0v) is 20.4. The summed E-state index contributed by atoms with van der Waals surface area (Å²) < 4.78 is 4.86. The van der Waals surface area contributed by atoms with Crippen molar-refractivity contribution in [3.63, 3.8) is 0 Å². The molecule has 3 aliphatic rings. The summed E-state index contributed by atoms with van der Waals surface area (Å²) >= 11 is 7.17. The number of carbonyl (C=O) groups is 2. The van der Waals surface area contributed by atoms with E-state index in [1.165, 1.54) is 11.8 Å². The van der Waals surface area contributed by atoms with Gasteiger partial charge in [0.15, 0.2) is 5.54 Å². The van der Waals surface area contributed by atoms with E-state index in [1.807, 2.05) is 67.7 Å². The molecule has 34 heavy (non-hydrogen) atoms. The molecule has 0 saturated carbocycles. The Balaban J connectivity index is 1.61. The van der Waals surface area contributed by atoms with E-state index in [1.54, 1.807) is 29.2 Å². The second-order valence-corrected chi connectivity index (χ2v) is 10.9. The van der Waals surface area contributed by atoms with Crippen molar-refractivity contribution in [1.82, 2.24) is 9.80 Å². The van der Waals surface area contributed by atoms with Crippen LogP contribution in [0.5, 0.6) is 0 Å². The molecule has 2 spiro atoms. The first kappa shape index (κ1) is 21.6. The third kappa shape index (κ3) is 2.53. The van der Waals surface area contributed by atoms with E-state index in [2.05, 4.69) is 4.90 Å². The molecule has 8 heteroatoms. The molecule has 0 radical (unpaired) electrons. The first-order chi connectivity index (χ1) is 16.4. The van der Waals surface area contributed by atoms with Gasteiger partial charge in [0.2, 0.25) is 5.91 Å². The second kappa shape index (κ2) is 7.53. The Morgan fingerprint density at radius 2 is 1.74 bits per heavy atom. The molecule has 6 rings (SSSR count). The highest BCUT2D eigenvalue weighted by atomic mass is 32.2. The number of rotatable bonds is 3. The molecule has 172 valence electrons. The number of thioether (sulfide) groups is 1. The number of anilines is 1. The fourth-order valence-electron chi connectivity index (χ4n) is 6.03. The van der Waals surface area contributed by atoms with Gasteiger partial charge in [0.1, 0.15) is 14.8 Å². The number of carbonyl (C=O) groups excluding carboxylic acids is 2. The topological polar surface area (TPSA) is 57.0 Å². The average molecular weight is 490 g/mol. The standard InChI is InChI=1S/C26H23N3O3S2/c1-27-16-20(17-9-4-3-5-10-17)26(23(31)29(24(33)34-26)15-18-11-8-14-32-18)25(27)19-12-6-7-13-21(19)28(2)22(25)30/h3-14,20H,15-16H2,1-2H3/t20-,25-,26-/m0/s1. The van der Waals surface area contributed by atoms with Crippen LogP contribution >= 0.6 is 24.0 Å². The summed E-state index contributed by atoms with van der Waals surface area (Å²) in [5.41, 5.74) is 1.53. The maximum absolute atomic E-state index is 14.6. The molecule has 6 nitrogen and oxygen atoms in total. The number of hydrogen-bond acceptors (Lipinski definition) is 6. The van der Waals surface area contributed by atoms with Crippen molar-refractivity contribution in [3.8, 4) is 0 Å². The lowest BCUT2D eigenvalue weighted by atomic mass is 9.72. The molecular formula is C26H23N3O3S2. The predicted octanol–water partition coefficient (Wildman–Crippen LogP) is 3.98. The van der Waals surface area contributed by atoms with Crippen molar-refractivity contribution < 1.29 is 14.0 Å². The van der Waals surface area contributed by atoms with Gasteiger partial charge >= 0.3 is 0 Å². The minimum absolute atomic E-state index is 0.0990. The molecule has 2 fully saturated rings. The third-order valence-corrected chi connectivity index (χ3v) is 9.40. The maximum Gasteiger partial charge on any atom is 0.254 e. The van der Waals surface area contributed by atoms with Crippen LogP contribution in [0.3, 0.4) is 0 Å². The molecule has 4 heterocycles. The van der Waals surface area contributed by atoms with E-state index < -0.39 is 10.3 Å². The van der Waals surface area contributed by atoms with E-state index in [0.717, 1.165) is 16.8 Å². The van der Waals surface area contributed by atoms with Gasteiger partial charge in [0, 0.05) is 30.8 Å². The van der Waals surface area contributed by atoms with Gasteiger partial charge in [-0.25, -0.2) is 0 Å². The van der Waals surface area contributed by atoms with Gasteiger partial charge in [-0.1, -0.05) is 72.5 Å². The number of thiocarbonyl (C=S) groups is 1. The molecule has 0 bridgehead atoms. The lowest BCUT2D eigenvalue weighted by Gasteiger charge is -2.42. The van der Waals surface area contributed by atoms with Crippen LogP contribution in [0.15, 0.2) is 77.4 Å². The Hall–Kier alpha value is -2.94. The Bertz CT molecular complexity index is 1310. The van der Waals surface area contributed by atoms with Crippen LogP contribution in [-0.2, 0) is 21.7 Å². The Labute approximate surface area is 207 Å². The molecule has 3 aliphatic heterocycles. The molecular weight excluding hydrogens is 466 g/mol. The number of fused-ring (bicyclic) bond motifs is 3. The number of amides is 2. The molecule has 2 amide bonds. The first-order valence-electron chi connectivity index (χ1n) is 11.1.